The highest BCUT2D eigenvalue weighted by Crippen LogP contribution is 2.28. The predicted octanol–water partition coefficient (Wildman–Crippen LogP) is 2.91. The van der Waals surface area contributed by atoms with Gasteiger partial charge in [-0.2, -0.15) is 10.1 Å². The molecule has 2 heterocycles. The topological polar surface area (TPSA) is 111 Å². The zero-order chi connectivity index (χ0) is 20.5. The van der Waals surface area contributed by atoms with Crippen molar-refractivity contribution in [3.05, 3.63) is 75.2 Å². The fraction of sp³-hybridized carbons (Fsp3) is 0.105. The summed E-state index contributed by atoms with van der Waals surface area (Å²) < 4.78 is 20.2. The standard InChI is InChI=1S/C19H12ClFN4O4/c20-12-6-3-7-13(21)17(12)18-22-15(29-24-18)9-25-19(28)11-5-2-1-4-10(11)14(23-25)8-16(26)27/h1-7H,8-9H2,(H,26,27). The van der Waals surface area contributed by atoms with Crippen LogP contribution in [0.3, 0.4) is 0 Å². The minimum atomic E-state index is -1.08. The molecular weight excluding hydrogens is 403 g/mol. The molecule has 1 N–H and O–H groups in total. The number of carboxylic acids is 1. The van der Waals surface area contributed by atoms with Crippen LogP contribution in [-0.2, 0) is 17.8 Å². The van der Waals surface area contributed by atoms with Crippen LogP contribution in [0.4, 0.5) is 4.39 Å². The molecule has 0 atom stereocenters. The molecule has 0 saturated carbocycles. The summed E-state index contributed by atoms with van der Waals surface area (Å²) in [5.74, 6) is -1.77. The number of nitrogens with zero attached hydrogens (tertiary/aromatic N) is 4. The molecule has 29 heavy (non-hydrogen) atoms. The Morgan fingerprint density at radius 1 is 1.17 bits per heavy atom. The Morgan fingerprint density at radius 3 is 2.66 bits per heavy atom. The van der Waals surface area contributed by atoms with Gasteiger partial charge in [0.25, 0.3) is 5.56 Å². The second-order valence-corrected chi connectivity index (χ2v) is 6.54. The predicted molar refractivity (Wildman–Crippen MR) is 101 cm³/mol. The number of carboxylic acid groups (broad SMARTS) is 1. The van der Waals surface area contributed by atoms with Crippen molar-refractivity contribution in [3.8, 4) is 11.4 Å². The van der Waals surface area contributed by atoms with Gasteiger partial charge in [0.05, 0.1) is 28.1 Å². The summed E-state index contributed by atoms with van der Waals surface area (Å²) in [5, 5.41) is 17.9. The number of fused-ring (bicyclic) bond motifs is 1. The zero-order valence-electron chi connectivity index (χ0n) is 14.7. The SMILES string of the molecule is O=C(O)Cc1nn(Cc2nc(-c3c(F)cccc3Cl)no2)c(=O)c2ccccc12. The molecule has 0 radical (unpaired) electrons. The summed E-state index contributed by atoms with van der Waals surface area (Å²) in [6, 6.07) is 10.7. The van der Waals surface area contributed by atoms with Gasteiger partial charge in [0.2, 0.25) is 11.7 Å². The molecule has 4 rings (SSSR count). The van der Waals surface area contributed by atoms with Gasteiger partial charge in [-0.05, 0) is 18.2 Å². The van der Waals surface area contributed by atoms with E-state index in [1.807, 2.05) is 0 Å². The summed E-state index contributed by atoms with van der Waals surface area (Å²) in [4.78, 5) is 28.0. The van der Waals surface area contributed by atoms with E-state index < -0.39 is 17.3 Å². The molecule has 0 aliphatic heterocycles. The van der Waals surface area contributed by atoms with Gasteiger partial charge < -0.3 is 9.63 Å². The van der Waals surface area contributed by atoms with E-state index in [1.165, 1.54) is 18.2 Å². The fourth-order valence-corrected chi connectivity index (χ4v) is 3.19. The van der Waals surface area contributed by atoms with E-state index in [1.54, 1.807) is 24.3 Å². The van der Waals surface area contributed by atoms with Crippen LogP contribution in [0.15, 0.2) is 51.8 Å². The molecule has 2 aromatic carbocycles. The summed E-state index contributed by atoms with van der Waals surface area (Å²) in [6.07, 6.45) is -0.360. The third-order valence-corrected chi connectivity index (χ3v) is 4.52. The third-order valence-electron chi connectivity index (χ3n) is 4.20. The molecule has 0 unspecified atom stereocenters. The Bertz CT molecular complexity index is 1280. The van der Waals surface area contributed by atoms with E-state index in [4.69, 9.17) is 21.2 Å². The molecule has 0 bridgehead atoms. The van der Waals surface area contributed by atoms with Crippen molar-refractivity contribution in [1.29, 1.82) is 0 Å². The van der Waals surface area contributed by atoms with Crippen LogP contribution in [0, 0.1) is 5.82 Å². The van der Waals surface area contributed by atoms with Crippen LogP contribution in [0.5, 0.6) is 0 Å². The first kappa shape index (κ1) is 18.8. The molecular formula is C19H12ClFN4O4. The maximum atomic E-state index is 14.1. The van der Waals surface area contributed by atoms with Crippen LogP contribution < -0.4 is 5.56 Å². The lowest BCUT2D eigenvalue weighted by Gasteiger charge is -2.08. The summed E-state index contributed by atoms with van der Waals surface area (Å²) >= 11 is 6.01. The van der Waals surface area contributed by atoms with Crippen LogP contribution >= 0.6 is 11.6 Å². The molecule has 8 nitrogen and oxygen atoms in total. The van der Waals surface area contributed by atoms with Gasteiger partial charge in [-0.15, -0.1) is 0 Å². The first-order valence-electron chi connectivity index (χ1n) is 8.41. The lowest BCUT2D eigenvalue weighted by Crippen LogP contribution is -2.26. The number of carbonyl (C=O) groups is 1. The molecule has 0 aliphatic rings. The van der Waals surface area contributed by atoms with E-state index >= 15 is 0 Å². The lowest BCUT2D eigenvalue weighted by atomic mass is 10.1. The van der Waals surface area contributed by atoms with Crippen molar-refractivity contribution in [3.63, 3.8) is 0 Å². The molecule has 0 saturated heterocycles. The third kappa shape index (κ3) is 3.59. The monoisotopic (exact) mass is 414 g/mol. The van der Waals surface area contributed by atoms with Crippen molar-refractivity contribution >= 4 is 28.3 Å². The zero-order valence-corrected chi connectivity index (χ0v) is 15.4. The summed E-state index contributed by atoms with van der Waals surface area (Å²) in [6.45, 7) is -0.213. The summed E-state index contributed by atoms with van der Waals surface area (Å²) in [5.41, 5.74) is -0.238. The maximum absolute atomic E-state index is 14.1. The van der Waals surface area contributed by atoms with E-state index in [9.17, 15) is 14.0 Å². The largest absolute Gasteiger partial charge is 0.481 e. The number of halogens is 2. The maximum Gasteiger partial charge on any atom is 0.309 e. The van der Waals surface area contributed by atoms with Crippen molar-refractivity contribution in [2.45, 2.75) is 13.0 Å². The average molecular weight is 415 g/mol. The molecule has 0 fully saturated rings. The molecule has 0 spiro atoms. The fourth-order valence-electron chi connectivity index (χ4n) is 2.95. The van der Waals surface area contributed by atoms with Gasteiger partial charge in [-0.3, -0.25) is 9.59 Å². The highest BCUT2D eigenvalue weighted by atomic mass is 35.5. The molecule has 10 heteroatoms. The van der Waals surface area contributed by atoms with E-state index in [2.05, 4.69) is 15.2 Å². The van der Waals surface area contributed by atoms with Gasteiger partial charge in [0, 0.05) is 5.39 Å². The average Bonchev–Trinajstić information content (AvgIpc) is 3.13. The second-order valence-electron chi connectivity index (χ2n) is 6.13. The number of benzene rings is 2. The van der Waals surface area contributed by atoms with Gasteiger partial charge in [0.15, 0.2) is 0 Å². The lowest BCUT2D eigenvalue weighted by molar-refractivity contribution is -0.136. The van der Waals surface area contributed by atoms with E-state index in [-0.39, 0.29) is 41.0 Å². The van der Waals surface area contributed by atoms with Crippen molar-refractivity contribution in [2.75, 3.05) is 0 Å². The van der Waals surface area contributed by atoms with Crippen molar-refractivity contribution in [2.24, 2.45) is 0 Å². The molecule has 2 aromatic heterocycles. The van der Waals surface area contributed by atoms with Crippen molar-refractivity contribution in [1.82, 2.24) is 19.9 Å². The normalized spacial score (nSPS) is 11.1. The van der Waals surface area contributed by atoms with Gasteiger partial charge in [-0.1, -0.05) is 41.0 Å². The number of aliphatic carboxylic acids is 1. The minimum Gasteiger partial charge on any atom is -0.481 e. The Morgan fingerprint density at radius 2 is 1.93 bits per heavy atom. The van der Waals surface area contributed by atoms with Crippen LogP contribution in [0.25, 0.3) is 22.2 Å². The number of hydrogen-bond acceptors (Lipinski definition) is 6. The number of aromatic nitrogens is 4. The Balaban J connectivity index is 1.76. The molecule has 146 valence electrons. The number of hydrogen-bond donors (Lipinski definition) is 1. The molecule has 4 aromatic rings. The first-order valence-corrected chi connectivity index (χ1v) is 8.79. The van der Waals surface area contributed by atoms with Crippen LogP contribution in [0.2, 0.25) is 5.02 Å². The second kappa shape index (κ2) is 7.44. The van der Waals surface area contributed by atoms with Gasteiger partial charge >= 0.3 is 5.97 Å². The quantitative estimate of drug-likeness (QED) is 0.534. The Labute approximate surface area is 167 Å². The Hall–Kier alpha value is -3.59. The van der Waals surface area contributed by atoms with Gasteiger partial charge in [-0.25, -0.2) is 9.07 Å². The van der Waals surface area contributed by atoms with Crippen LogP contribution in [-0.4, -0.2) is 31.0 Å². The first-order chi connectivity index (χ1) is 13.9. The van der Waals surface area contributed by atoms with E-state index in [0.717, 1.165) is 4.68 Å². The molecule has 0 amide bonds. The highest BCUT2D eigenvalue weighted by Gasteiger charge is 2.18. The smallest absolute Gasteiger partial charge is 0.309 e. The van der Waals surface area contributed by atoms with E-state index in [0.29, 0.717) is 10.8 Å². The number of rotatable bonds is 5. The van der Waals surface area contributed by atoms with Gasteiger partial charge in [0.1, 0.15) is 12.4 Å². The minimum absolute atomic E-state index is 0.00882. The molecule has 0 aliphatic carbocycles. The Kier molecular flexibility index (Phi) is 4.81. The van der Waals surface area contributed by atoms with Crippen LogP contribution in [0.1, 0.15) is 11.6 Å². The van der Waals surface area contributed by atoms with Crippen molar-refractivity contribution < 1.29 is 18.8 Å². The highest BCUT2D eigenvalue weighted by molar-refractivity contribution is 6.33. The summed E-state index contributed by atoms with van der Waals surface area (Å²) in [7, 11) is 0.